The van der Waals surface area contributed by atoms with E-state index in [9.17, 15) is 14.4 Å². The molecule has 1 atom stereocenters. The smallest absolute Gasteiger partial charge is 0.408 e. The average molecular weight is 407 g/mol. The molecule has 0 unspecified atom stereocenters. The Labute approximate surface area is 170 Å². The SMILES string of the molecule is COc1ccc(COC(=O)[C@H](CC(=O)OC2CCC2)NC(=O)OC(C)(C)C)cc1. The van der Waals surface area contributed by atoms with E-state index in [-0.39, 0.29) is 19.1 Å². The molecule has 8 heteroatoms. The van der Waals surface area contributed by atoms with Crippen LogP contribution in [0.1, 0.15) is 52.0 Å². The van der Waals surface area contributed by atoms with Gasteiger partial charge in [0.05, 0.1) is 13.5 Å². The molecule has 0 aromatic heterocycles. The molecule has 1 aromatic carbocycles. The lowest BCUT2D eigenvalue weighted by molar-refractivity contribution is -0.158. The summed E-state index contributed by atoms with van der Waals surface area (Å²) in [4.78, 5) is 36.7. The number of amides is 1. The monoisotopic (exact) mass is 407 g/mol. The van der Waals surface area contributed by atoms with Gasteiger partial charge in [-0.05, 0) is 57.7 Å². The summed E-state index contributed by atoms with van der Waals surface area (Å²) < 4.78 is 20.8. The van der Waals surface area contributed by atoms with E-state index >= 15 is 0 Å². The van der Waals surface area contributed by atoms with Crippen molar-refractivity contribution >= 4 is 18.0 Å². The molecule has 1 fully saturated rings. The molecule has 1 saturated carbocycles. The third-order valence-electron chi connectivity index (χ3n) is 4.24. The molecule has 0 radical (unpaired) electrons. The van der Waals surface area contributed by atoms with E-state index in [1.165, 1.54) is 0 Å². The maximum atomic E-state index is 12.5. The van der Waals surface area contributed by atoms with E-state index in [1.54, 1.807) is 52.1 Å². The third kappa shape index (κ3) is 8.01. The number of carbonyl (C=O) groups is 3. The van der Waals surface area contributed by atoms with Gasteiger partial charge in [0.2, 0.25) is 0 Å². The number of rotatable bonds is 8. The molecular weight excluding hydrogens is 378 g/mol. The van der Waals surface area contributed by atoms with Crippen LogP contribution in [0.2, 0.25) is 0 Å². The van der Waals surface area contributed by atoms with Crippen LogP contribution in [-0.2, 0) is 30.4 Å². The minimum atomic E-state index is -1.20. The second-order valence-corrected chi connectivity index (χ2v) is 7.90. The van der Waals surface area contributed by atoms with Crippen LogP contribution in [0.3, 0.4) is 0 Å². The molecule has 0 saturated heterocycles. The molecule has 8 nitrogen and oxygen atoms in total. The number of benzene rings is 1. The molecule has 2 rings (SSSR count). The van der Waals surface area contributed by atoms with Gasteiger partial charge in [-0.15, -0.1) is 0 Å². The van der Waals surface area contributed by atoms with Crippen molar-refractivity contribution in [3.8, 4) is 5.75 Å². The van der Waals surface area contributed by atoms with E-state index < -0.39 is 29.7 Å². The minimum absolute atomic E-state index is 0.00695. The maximum absolute atomic E-state index is 12.5. The van der Waals surface area contributed by atoms with Crippen LogP contribution in [0.25, 0.3) is 0 Å². The first-order valence-corrected chi connectivity index (χ1v) is 9.65. The molecule has 1 amide bonds. The summed E-state index contributed by atoms with van der Waals surface area (Å²) in [7, 11) is 1.56. The molecule has 160 valence electrons. The normalized spacial score (nSPS) is 14.9. The standard InChI is InChI=1S/C21H29NO7/c1-21(2,3)29-20(25)22-17(12-18(23)28-16-6-5-7-16)19(24)27-13-14-8-10-15(26-4)11-9-14/h8-11,16-17H,5-7,12-13H2,1-4H3,(H,22,25)/t17-/m0/s1. The van der Waals surface area contributed by atoms with Crippen LogP contribution in [0.5, 0.6) is 5.75 Å². The fourth-order valence-electron chi connectivity index (χ4n) is 2.51. The first kappa shape index (κ1) is 22.5. The van der Waals surface area contributed by atoms with Crippen molar-refractivity contribution in [2.45, 2.75) is 70.8 Å². The van der Waals surface area contributed by atoms with Crippen LogP contribution in [0.15, 0.2) is 24.3 Å². The number of hydrogen-bond donors (Lipinski definition) is 1. The highest BCUT2D eigenvalue weighted by Crippen LogP contribution is 2.22. The van der Waals surface area contributed by atoms with E-state index in [0.29, 0.717) is 5.75 Å². The van der Waals surface area contributed by atoms with Crippen LogP contribution in [-0.4, -0.2) is 42.9 Å². The second-order valence-electron chi connectivity index (χ2n) is 7.90. The van der Waals surface area contributed by atoms with E-state index in [1.807, 2.05) is 0 Å². The zero-order valence-electron chi connectivity index (χ0n) is 17.4. The highest BCUT2D eigenvalue weighted by molar-refractivity contribution is 5.86. The van der Waals surface area contributed by atoms with Gasteiger partial charge < -0.3 is 24.3 Å². The zero-order chi connectivity index (χ0) is 21.4. The molecule has 0 spiro atoms. The first-order valence-electron chi connectivity index (χ1n) is 9.65. The van der Waals surface area contributed by atoms with Gasteiger partial charge in [-0.25, -0.2) is 9.59 Å². The number of nitrogens with one attached hydrogen (secondary N) is 1. The highest BCUT2D eigenvalue weighted by atomic mass is 16.6. The van der Waals surface area contributed by atoms with Gasteiger partial charge in [-0.1, -0.05) is 12.1 Å². The van der Waals surface area contributed by atoms with E-state index in [2.05, 4.69) is 5.32 Å². The minimum Gasteiger partial charge on any atom is -0.497 e. The van der Waals surface area contributed by atoms with Gasteiger partial charge in [-0.3, -0.25) is 4.79 Å². The quantitative estimate of drug-likeness (QED) is 0.522. The number of esters is 2. The Morgan fingerprint density at radius 2 is 1.79 bits per heavy atom. The molecule has 0 aliphatic heterocycles. The molecule has 1 aliphatic rings. The number of methoxy groups -OCH3 is 1. The Bertz CT molecular complexity index is 705. The Balaban J connectivity index is 1.95. The molecule has 1 aliphatic carbocycles. The van der Waals surface area contributed by atoms with Gasteiger partial charge in [0, 0.05) is 0 Å². The number of ether oxygens (including phenoxy) is 4. The molecule has 1 N–H and O–H groups in total. The van der Waals surface area contributed by atoms with Crippen molar-refractivity contribution in [1.82, 2.24) is 5.32 Å². The summed E-state index contributed by atoms with van der Waals surface area (Å²) in [5.41, 5.74) is 0.000797. The second kappa shape index (κ2) is 10.1. The van der Waals surface area contributed by atoms with Gasteiger partial charge in [-0.2, -0.15) is 0 Å². The maximum Gasteiger partial charge on any atom is 0.408 e. The first-order chi connectivity index (χ1) is 13.7. The van der Waals surface area contributed by atoms with E-state index in [0.717, 1.165) is 24.8 Å². The third-order valence-corrected chi connectivity index (χ3v) is 4.24. The van der Waals surface area contributed by atoms with Gasteiger partial charge in [0.15, 0.2) is 0 Å². The molecule has 29 heavy (non-hydrogen) atoms. The van der Waals surface area contributed by atoms with Crippen molar-refractivity contribution in [1.29, 1.82) is 0 Å². The zero-order valence-corrected chi connectivity index (χ0v) is 17.4. The lowest BCUT2D eigenvalue weighted by Crippen LogP contribution is -2.46. The fourth-order valence-corrected chi connectivity index (χ4v) is 2.51. The van der Waals surface area contributed by atoms with Crippen LogP contribution in [0.4, 0.5) is 4.79 Å². The van der Waals surface area contributed by atoms with Gasteiger partial charge in [0.1, 0.15) is 30.1 Å². The molecular formula is C21H29NO7. The number of hydrogen-bond acceptors (Lipinski definition) is 7. The van der Waals surface area contributed by atoms with Crippen LogP contribution >= 0.6 is 0 Å². The summed E-state index contributed by atoms with van der Waals surface area (Å²) in [6.07, 6.45) is 1.41. The molecule has 0 heterocycles. The molecule has 1 aromatic rings. The summed E-state index contributed by atoms with van der Waals surface area (Å²) in [5.74, 6) is -0.613. The fraction of sp³-hybridized carbons (Fsp3) is 0.571. The average Bonchev–Trinajstić information content (AvgIpc) is 2.61. The van der Waals surface area contributed by atoms with Gasteiger partial charge >= 0.3 is 18.0 Å². The number of alkyl carbamates (subject to hydrolysis) is 1. The summed E-state index contributed by atoms with van der Waals surface area (Å²) >= 11 is 0. The lowest BCUT2D eigenvalue weighted by atomic mass is 9.96. The van der Waals surface area contributed by atoms with E-state index in [4.69, 9.17) is 18.9 Å². The lowest BCUT2D eigenvalue weighted by Gasteiger charge is -2.26. The van der Waals surface area contributed by atoms with Crippen LogP contribution < -0.4 is 10.1 Å². The Morgan fingerprint density at radius 3 is 2.31 bits per heavy atom. The predicted molar refractivity (Wildman–Crippen MR) is 104 cm³/mol. The van der Waals surface area contributed by atoms with Crippen molar-refractivity contribution < 1.29 is 33.3 Å². The Kier molecular flexibility index (Phi) is 7.87. The molecule has 0 bridgehead atoms. The van der Waals surface area contributed by atoms with Crippen molar-refractivity contribution in [2.75, 3.05) is 7.11 Å². The Hall–Kier alpha value is -2.77. The largest absolute Gasteiger partial charge is 0.497 e. The Morgan fingerprint density at radius 1 is 1.14 bits per heavy atom. The topological polar surface area (TPSA) is 100 Å². The van der Waals surface area contributed by atoms with Crippen molar-refractivity contribution in [2.24, 2.45) is 0 Å². The summed E-state index contributed by atoms with van der Waals surface area (Å²) in [5, 5.41) is 2.41. The predicted octanol–water partition coefficient (Wildman–Crippen LogP) is 3.12. The van der Waals surface area contributed by atoms with Crippen LogP contribution in [0, 0.1) is 0 Å². The van der Waals surface area contributed by atoms with Crippen molar-refractivity contribution in [3.63, 3.8) is 0 Å². The van der Waals surface area contributed by atoms with Crippen molar-refractivity contribution in [3.05, 3.63) is 29.8 Å². The highest BCUT2D eigenvalue weighted by Gasteiger charge is 2.30. The summed E-state index contributed by atoms with van der Waals surface area (Å²) in [6, 6.07) is 5.81. The number of carbonyl (C=O) groups excluding carboxylic acids is 3. The summed E-state index contributed by atoms with van der Waals surface area (Å²) in [6.45, 7) is 5.10. The van der Waals surface area contributed by atoms with Gasteiger partial charge in [0.25, 0.3) is 0 Å².